The van der Waals surface area contributed by atoms with Gasteiger partial charge in [0, 0.05) is 0 Å². The average Bonchev–Trinajstić information content (AvgIpc) is 3.43. The number of phosphoric ester groups is 1. The molecule has 3 aromatic rings. The highest BCUT2D eigenvalue weighted by molar-refractivity contribution is 7.63. The number of hydrogen-bond donors (Lipinski definition) is 4. The Bertz CT molecular complexity index is 1470. The number of benzene rings is 1. The summed E-state index contributed by atoms with van der Waals surface area (Å²) in [7, 11) is -8.97. The van der Waals surface area contributed by atoms with Crippen molar-refractivity contribution in [3.63, 3.8) is 0 Å². The van der Waals surface area contributed by atoms with E-state index in [1.807, 2.05) is 0 Å². The standard InChI is InChI=1S/C20H24ClFN6O10P2/c1-10(19(30)34-2)27-39(31,37-11-6-4-3-5-7-11)38-40(32,33)35-8-12-15(29)13(22)18(36-12)28-9-24-14-16(23)25-20(21)26-17(14)28/h3-7,9-10,12-13,15,18,29H,8H2,1-2H3,(H,27,31)(H,32,33)(H2,23,25,26)/t10-,12?,13?,15?,18?,39?/m0/s1. The van der Waals surface area contributed by atoms with Gasteiger partial charge in [-0.15, -0.1) is 0 Å². The first kappa shape index (κ1) is 30.2. The summed E-state index contributed by atoms with van der Waals surface area (Å²) < 4.78 is 67.3. The number of imidazole rings is 1. The molecular weight excluding hydrogens is 601 g/mol. The van der Waals surface area contributed by atoms with Crippen LogP contribution in [-0.4, -0.2) is 73.6 Å². The summed E-state index contributed by atoms with van der Waals surface area (Å²) in [4.78, 5) is 33.8. The topological polar surface area (TPSA) is 219 Å². The second-order valence-electron chi connectivity index (χ2n) is 8.32. The maximum Gasteiger partial charge on any atom is 0.481 e. The summed E-state index contributed by atoms with van der Waals surface area (Å²) in [5.74, 6) is -0.986. The molecule has 2 aromatic heterocycles. The summed E-state index contributed by atoms with van der Waals surface area (Å²) >= 11 is 5.83. The van der Waals surface area contributed by atoms with Gasteiger partial charge in [0.15, 0.2) is 23.9 Å². The number of nitrogens with two attached hydrogens (primary N) is 1. The molecule has 6 unspecified atom stereocenters. The minimum absolute atomic E-state index is 0.0138. The molecule has 0 bridgehead atoms. The van der Waals surface area contributed by atoms with Gasteiger partial charge in [-0.1, -0.05) is 18.2 Å². The second-order valence-corrected chi connectivity index (χ2v) is 11.9. The number of carbonyl (C=O) groups excluding carboxylic acids is 1. The number of carbonyl (C=O) groups is 1. The number of halogens is 2. The maximum absolute atomic E-state index is 15.0. The van der Waals surface area contributed by atoms with E-state index in [1.165, 1.54) is 31.2 Å². The number of nitrogen functional groups attached to an aromatic ring is 1. The summed E-state index contributed by atoms with van der Waals surface area (Å²) in [5, 5.41) is 12.3. The molecule has 1 aromatic carbocycles. The number of aliphatic hydroxyl groups excluding tert-OH is 1. The minimum atomic E-state index is -5.27. The van der Waals surface area contributed by atoms with Crippen LogP contribution in [-0.2, 0) is 32.2 Å². The summed E-state index contributed by atoms with van der Waals surface area (Å²) in [6, 6.07) is 6.13. The Morgan fingerprint density at radius 3 is 2.70 bits per heavy atom. The van der Waals surface area contributed by atoms with Crippen molar-refractivity contribution < 1.29 is 51.1 Å². The van der Waals surface area contributed by atoms with Gasteiger partial charge < -0.3 is 29.7 Å². The maximum atomic E-state index is 15.0. The third kappa shape index (κ3) is 6.77. The predicted octanol–water partition coefficient (Wildman–Crippen LogP) is 2.13. The quantitative estimate of drug-likeness (QED) is 0.136. The van der Waals surface area contributed by atoms with E-state index in [-0.39, 0.29) is 28.0 Å². The Kier molecular flexibility index (Phi) is 9.09. The van der Waals surface area contributed by atoms with E-state index >= 15 is 4.39 Å². The van der Waals surface area contributed by atoms with E-state index in [2.05, 4.69) is 24.8 Å². The van der Waals surface area contributed by atoms with Crippen molar-refractivity contribution in [1.29, 1.82) is 0 Å². The number of alkyl halides is 1. The van der Waals surface area contributed by atoms with E-state index in [9.17, 15) is 23.9 Å². The van der Waals surface area contributed by atoms with Crippen molar-refractivity contribution >= 4 is 50.1 Å². The summed E-state index contributed by atoms with van der Waals surface area (Å²) in [6.07, 6.45) is -5.79. The number of phosphoric acid groups is 1. The van der Waals surface area contributed by atoms with Crippen LogP contribution in [0.25, 0.3) is 11.2 Å². The van der Waals surface area contributed by atoms with Gasteiger partial charge in [0.25, 0.3) is 0 Å². The molecule has 5 N–H and O–H groups in total. The van der Waals surface area contributed by atoms with Gasteiger partial charge in [-0.25, -0.2) is 18.5 Å². The first-order chi connectivity index (χ1) is 18.8. The summed E-state index contributed by atoms with van der Waals surface area (Å²) in [6.45, 7) is 0.351. The minimum Gasteiger partial charge on any atom is -0.468 e. The molecule has 218 valence electrons. The monoisotopic (exact) mass is 624 g/mol. The number of esters is 1. The number of fused-ring (bicyclic) bond motifs is 1. The molecule has 4 rings (SSSR count). The van der Waals surface area contributed by atoms with E-state index < -0.39 is 58.8 Å². The largest absolute Gasteiger partial charge is 0.481 e. The first-order valence-corrected chi connectivity index (χ1v) is 14.8. The molecule has 0 radical (unpaired) electrons. The fourth-order valence-electron chi connectivity index (χ4n) is 3.64. The van der Waals surface area contributed by atoms with Crippen molar-refractivity contribution in [2.45, 2.75) is 37.6 Å². The Balaban J connectivity index is 1.48. The van der Waals surface area contributed by atoms with Gasteiger partial charge in [-0.05, 0) is 30.7 Å². The number of methoxy groups -OCH3 is 1. The molecule has 7 atom stereocenters. The van der Waals surface area contributed by atoms with E-state index in [0.29, 0.717) is 0 Å². The fraction of sp³-hybridized carbons (Fsp3) is 0.400. The van der Waals surface area contributed by atoms with Crippen LogP contribution >= 0.6 is 27.2 Å². The zero-order chi connectivity index (χ0) is 29.2. The number of anilines is 1. The number of nitrogens with zero attached hydrogens (tertiary/aromatic N) is 4. The molecule has 16 nitrogen and oxygen atoms in total. The number of aromatic nitrogens is 4. The van der Waals surface area contributed by atoms with Crippen LogP contribution in [0.3, 0.4) is 0 Å². The van der Waals surface area contributed by atoms with Crippen LogP contribution in [0.2, 0.25) is 5.28 Å². The van der Waals surface area contributed by atoms with Gasteiger partial charge in [-0.3, -0.25) is 13.9 Å². The lowest BCUT2D eigenvalue weighted by Crippen LogP contribution is -2.34. The smallest absolute Gasteiger partial charge is 0.468 e. The Morgan fingerprint density at radius 2 is 2.02 bits per heavy atom. The highest BCUT2D eigenvalue weighted by Gasteiger charge is 2.48. The Hall–Kier alpha value is -2.72. The number of ether oxygens (including phenoxy) is 2. The molecule has 1 aliphatic heterocycles. The highest BCUT2D eigenvalue weighted by atomic mass is 35.5. The average molecular weight is 625 g/mol. The molecular formula is C20H24ClFN6O10P2. The normalized spacial score (nSPS) is 24.8. The fourth-order valence-corrected chi connectivity index (χ4v) is 6.78. The van der Waals surface area contributed by atoms with Crippen LogP contribution in [0.15, 0.2) is 36.7 Å². The van der Waals surface area contributed by atoms with Crippen LogP contribution in [0.5, 0.6) is 5.75 Å². The Labute approximate surface area is 230 Å². The van der Waals surface area contributed by atoms with Gasteiger partial charge >= 0.3 is 21.5 Å². The lowest BCUT2D eigenvalue weighted by Gasteiger charge is -2.24. The zero-order valence-electron chi connectivity index (χ0n) is 20.7. The number of para-hydroxylation sites is 1. The van der Waals surface area contributed by atoms with Crippen LogP contribution < -0.4 is 15.3 Å². The van der Waals surface area contributed by atoms with Gasteiger partial charge in [0.1, 0.15) is 29.5 Å². The van der Waals surface area contributed by atoms with Crippen LogP contribution in [0.1, 0.15) is 13.2 Å². The number of aliphatic hydroxyl groups is 1. The van der Waals surface area contributed by atoms with Crippen molar-refractivity contribution in [3.8, 4) is 5.75 Å². The van der Waals surface area contributed by atoms with E-state index in [1.54, 1.807) is 6.07 Å². The van der Waals surface area contributed by atoms with Gasteiger partial charge in [0.2, 0.25) is 5.28 Å². The highest BCUT2D eigenvalue weighted by Crippen LogP contribution is 2.60. The van der Waals surface area contributed by atoms with Gasteiger partial charge in [0.05, 0.1) is 20.0 Å². The lowest BCUT2D eigenvalue weighted by molar-refractivity contribution is -0.142. The lowest BCUT2D eigenvalue weighted by atomic mass is 10.1. The van der Waals surface area contributed by atoms with Crippen molar-refractivity contribution in [2.24, 2.45) is 0 Å². The molecule has 3 heterocycles. The van der Waals surface area contributed by atoms with Crippen molar-refractivity contribution in [2.75, 3.05) is 19.5 Å². The van der Waals surface area contributed by atoms with Crippen molar-refractivity contribution in [3.05, 3.63) is 41.9 Å². The number of nitrogens with one attached hydrogen (secondary N) is 1. The molecule has 0 saturated carbocycles. The number of hydrogen-bond acceptors (Lipinski definition) is 13. The van der Waals surface area contributed by atoms with Gasteiger partial charge in [-0.2, -0.15) is 19.4 Å². The zero-order valence-corrected chi connectivity index (χ0v) is 23.3. The molecule has 40 heavy (non-hydrogen) atoms. The second kappa shape index (κ2) is 12.0. The summed E-state index contributed by atoms with van der Waals surface area (Å²) in [5.41, 5.74) is 5.87. The molecule has 0 aliphatic carbocycles. The first-order valence-electron chi connectivity index (χ1n) is 11.3. The molecule has 1 aliphatic rings. The Morgan fingerprint density at radius 1 is 1.32 bits per heavy atom. The molecule has 20 heteroatoms. The van der Waals surface area contributed by atoms with Crippen LogP contribution in [0.4, 0.5) is 10.2 Å². The van der Waals surface area contributed by atoms with Crippen molar-refractivity contribution in [1.82, 2.24) is 24.6 Å². The molecule has 1 fully saturated rings. The number of rotatable bonds is 11. The third-order valence-corrected chi connectivity index (χ3v) is 8.96. The molecule has 0 spiro atoms. The SMILES string of the molecule is COC(=O)[C@H](C)NP(=O)(Oc1ccccc1)OP(=O)(O)OCC1OC(n2cnc3c(N)nc(Cl)nc32)C(F)C1O. The molecule has 1 saturated heterocycles. The van der Waals surface area contributed by atoms with Crippen LogP contribution in [0, 0.1) is 0 Å². The predicted molar refractivity (Wildman–Crippen MR) is 136 cm³/mol. The molecule has 0 amide bonds. The van der Waals surface area contributed by atoms with E-state index in [0.717, 1.165) is 18.0 Å². The van der Waals surface area contributed by atoms with E-state index in [4.69, 9.17) is 35.4 Å². The third-order valence-electron chi connectivity index (χ3n) is 5.48.